The first-order valence-electron chi connectivity index (χ1n) is 5.86. The lowest BCUT2D eigenvalue weighted by Gasteiger charge is -2.31. The van der Waals surface area contributed by atoms with Gasteiger partial charge in [-0.1, -0.05) is 0 Å². The predicted octanol–water partition coefficient (Wildman–Crippen LogP) is 1.59. The van der Waals surface area contributed by atoms with Crippen LogP contribution in [-0.4, -0.2) is 36.7 Å². The zero-order valence-electron chi connectivity index (χ0n) is 10.3. The van der Waals surface area contributed by atoms with Crippen molar-refractivity contribution < 1.29 is 4.74 Å². The molecular weight excluding hydrogens is 234 g/mol. The zero-order valence-corrected chi connectivity index (χ0v) is 11.2. The maximum absolute atomic E-state index is 6.00. The molecule has 1 aromatic rings. The summed E-state index contributed by atoms with van der Waals surface area (Å²) in [6.45, 7) is 7.25. The fraction of sp³-hybridized carbons (Fsp3) is 0.583. The van der Waals surface area contributed by atoms with Gasteiger partial charge >= 0.3 is 0 Å². The minimum Gasteiger partial charge on any atom is -0.375 e. The van der Waals surface area contributed by atoms with Crippen molar-refractivity contribution >= 4 is 17.3 Å². The fourth-order valence-corrected chi connectivity index (χ4v) is 2.67. The summed E-state index contributed by atoms with van der Waals surface area (Å²) in [5.74, 6) is 0.632. The molecule has 1 aliphatic heterocycles. The summed E-state index contributed by atoms with van der Waals surface area (Å²) in [4.78, 5) is 7.84. The molecule has 0 amide bonds. The van der Waals surface area contributed by atoms with Crippen LogP contribution >= 0.6 is 11.3 Å². The highest BCUT2D eigenvalue weighted by Gasteiger charge is 2.17. The molecule has 1 fully saturated rings. The van der Waals surface area contributed by atoms with E-state index in [1.54, 1.807) is 11.3 Å². The molecule has 0 spiro atoms. The molecule has 1 unspecified atom stereocenters. The number of ether oxygens (including phenoxy) is 1. The smallest absolute Gasteiger partial charge is 0.191 e. The molecule has 2 N–H and O–H groups in total. The Morgan fingerprint density at radius 1 is 1.71 bits per heavy atom. The largest absolute Gasteiger partial charge is 0.375 e. The second-order valence-electron chi connectivity index (χ2n) is 4.33. The van der Waals surface area contributed by atoms with Crippen molar-refractivity contribution in [3.63, 3.8) is 0 Å². The highest BCUT2D eigenvalue weighted by molar-refractivity contribution is 7.10. The third-order valence-corrected chi connectivity index (χ3v) is 3.93. The van der Waals surface area contributed by atoms with Crippen LogP contribution in [0.25, 0.3) is 0 Å². The molecule has 2 rings (SSSR count). The lowest BCUT2D eigenvalue weighted by molar-refractivity contribution is 0.00529. The predicted molar refractivity (Wildman–Crippen MR) is 71.4 cm³/mol. The van der Waals surface area contributed by atoms with E-state index in [2.05, 4.69) is 35.2 Å². The molecule has 0 saturated carbocycles. The van der Waals surface area contributed by atoms with E-state index in [1.807, 2.05) is 0 Å². The van der Waals surface area contributed by atoms with Crippen LogP contribution in [0.15, 0.2) is 16.4 Å². The third-order valence-electron chi connectivity index (χ3n) is 2.92. The number of guanidine groups is 1. The van der Waals surface area contributed by atoms with Crippen molar-refractivity contribution in [3.05, 3.63) is 21.9 Å². The number of thiophene rings is 1. The number of morpholine rings is 1. The van der Waals surface area contributed by atoms with E-state index in [4.69, 9.17) is 10.5 Å². The van der Waals surface area contributed by atoms with Gasteiger partial charge in [-0.3, -0.25) is 0 Å². The summed E-state index contributed by atoms with van der Waals surface area (Å²) in [7, 11) is 0. The number of hydrogen-bond donors (Lipinski definition) is 1. The molecule has 1 atom stereocenters. The van der Waals surface area contributed by atoms with Gasteiger partial charge in [0.05, 0.1) is 19.3 Å². The molecule has 1 aromatic heterocycles. The van der Waals surface area contributed by atoms with Crippen LogP contribution < -0.4 is 5.73 Å². The Bertz CT molecular complexity index is 402. The van der Waals surface area contributed by atoms with Gasteiger partial charge in [-0.2, -0.15) is 0 Å². The van der Waals surface area contributed by atoms with E-state index in [0.29, 0.717) is 12.5 Å². The van der Waals surface area contributed by atoms with Crippen molar-refractivity contribution in [3.8, 4) is 0 Å². The maximum atomic E-state index is 6.00. The molecule has 0 aliphatic carbocycles. The fourth-order valence-electron chi connectivity index (χ4n) is 1.85. The van der Waals surface area contributed by atoms with Crippen LogP contribution in [0, 0.1) is 6.92 Å². The number of aryl methyl sites for hydroxylation is 1. The summed E-state index contributed by atoms with van der Waals surface area (Å²) in [5, 5.41) is 2.09. The average Bonchev–Trinajstić information content (AvgIpc) is 2.72. The van der Waals surface area contributed by atoms with E-state index >= 15 is 0 Å². The first-order chi connectivity index (χ1) is 8.16. The minimum absolute atomic E-state index is 0.237. The second kappa shape index (κ2) is 5.51. The molecule has 5 heteroatoms. The number of nitrogens with two attached hydrogens (primary N) is 1. The van der Waals surface area contributed by atoms with Gasteiger partial charge in [0.15, 0.2) is 5.96 Å². The first kappa shape index (κ1) is 12.4. The van der Waals surface area contributed by atoms with Gasteiger partial charge in [0.1, 0.15) is 0 Å². The summed E-state index contributed by atoms with van der Waals surface area (Å²) in [5.41, 5.74) is 7.30. The van der Waals surface area contributed by atoms with Gasteiger partial charge in [-0.05, 0) is 30.9 Å². The Morgan fingerprint density at radius 3 is 3.18 bits per heavy atom. The summed E-state index contributed by atoms with van der Waals surface area (Å²) < 4.78 is 5.48. The molecule has 17 heavy (non-hydrogen) atoms. The quantitative estimate of drug-likeness (QED) is 0.643. The Hall–Kier alpha value is -1.07. The highest BCUT2D eigenvalue weighted by Crippen LogP contribution is 2.16. The van der Waals surface area contributed by atoms with Crippen LogP contribution in [-0.2, 0) is 11.3 Å². The summed E-state index contributed by atoms with van der Waals surface area (Å²) >= 11 is 1.73. The number of rotatable bonds is 2. The van der Waals surface area contributed by atoms with Crippen LogP contribution in [0.4, 0.5) is 0 Å². The maximum Gasteiger partial charge on any atom is 0.191 e. The van der Waals surface area contributed by atoms with E-state index in [-0.39, 0.29) is 6.10 Å². The first-order valence-corrected chi connectivity index (χ1v) is 6.74. The molecule has 4 nitrogen and oxygen atoms in total. The average molecular weight is 253 g/mol. The van der Waals surface area contributed by atoms with E-state index < -0.39 is 0 Å². The topological polar surface area (TPSA) is 50.8 Å². The third kappa shape index (κ3) is 3.20. The molecule has 94 valence electrons. The lowest BCUT2D eigenvalue weighted by atomic mass is 10.3. The van der Waals surface area contributed by atoms with Crippen molar-refractivity contribution in [1.29, 1.82) is 0 Å². The van der Waals surface area contributed by atoms with Crippen molar-refractivity contribution in [2.45, 2.75) is 26.5 Å². The Kier molecular flexibility index (Phi) is 4.02. The normalized spacial score (nSPS) is 21.9. The van der Waals surface area contributed by atoms with Gasteiger partial charge in [-0.15, -0.1) is 11.3 Å². The second-order valence-corrected chi connectivity index (χ2v) is 5.33. The summed E-state index contributed by atoms with van der Waals surface area (Å²) in [6.07, 6.45) is 0.237. The Morgan fingerprint density at radius 2 is 2.53 bits per heavy atom. The number of nitrogens with zero attached hydrogens (tertiary/aromatic N) is 2. The molecule has 1 saturated heterocycles. The Labute approximate surface area is 106 Å². The number of aliphatic imine (C=N–C) groups is 1. The summed E-state index contributed by atoms with van der Waals surface area (Å²) in [6, 6.07) is 2.11. The van der Waals surface area contributed by atoms with Crippen LogP contribution in [0.1, 0.15) is 17.4 Å². The van der Waals surface area contributed by atoms with Crippen LogP contribution in [0.5, 0.6) is 0 Å². The molecule has 1 aliphatic rings. The molecule has 0 aromatic carbocycles. The van der Waals surface area contributed by atoms with E-state index in [9.17, 15) is 0 Å². The van der Waals surface area contributed by atoms with Gasteiger partial charge in [0.2, 0.25) is 0 Å². The van der Waals surface area contributed by atoms with E-state index in [0.717, 1.165) is 19.7 Å². The molecular formula is C12H19N3OS. The highest BCUT2D eigenvalue weighted by atomic mass is 32.1. The van der Waals surface area contributed by atoms with Gasteiger partial charge in [0, 0.05) is 18.0 Å². The molecule has 0 bridgehead atoms. The van der Waals surface area contributed by atoms with E-state index in [1.165, 1.54) is 10.4 Å². The van der Waals surface area contributed by atoms with Gasteiger partial charge in [0.25, 0.3) is 0 Å². The van der Waals surface area contributed by atoms with Crippen LogP contribution in [0.3, 0.4) is 0 Å². The lowest BCUT2D eigenvalue weighted by Crippen LogP contribution is -2.47. The monoisotopic (exact) mass is 253 g/mol. The zero-order chi connectivity index (χ0) is 12.3. The number of hydrogen-bond acceptors (Lipinski definition) is 3. The van der Waals surface area contributed by atoms with Crippen molar-refractivity contribution in [2.75, 3.05) is 19.7 Å². The van der Waals surface area contributed by atoms with Gasteiger partial charge < -0.3 is 15.4 Å². The van der Waals surface area contributed by atoms with Gasteiger partial charge in [-0.25, -0.2) is 4.99 Å². The minimum atomic E-state index is 0.237. The SMILES string of the molecule is Cc1ccsc1CN=C(N)N1CCOC(C)C1. The molecule has 0 radical (unpaired) electrons. The Balaban J connectivity index is 1.95. The molecule has 2 heterocycles. The van der Waals surface area contributed by atoms with Crippen molar-refractivity contribution in [1.82, 2.24) is 4.90 Å². The van der Waals surface area contributed by atoms with Crippen molar-refractivity contribution in [2.24, 2.45) is 10.7 Å². The standard InChI is InChI=1S/C12H19N3OS/c1-9-3-6-17-11(9)7-14-12(13)15-4-5-16-10(2)8-15/h3,6,10H,4-5,7-8H2,1-2H3,(H2,13,14). The van der Waals surface area contributed by atoms with Crippen LogP contribution in [0.2, 0.25) is 0 Å².